The zero-order chi connectivity index (χ0) is 25.1. The quantitative estimate of drug-likeness (QED) is 0.370. The number of rotatable bonds is 6. The van der Waals surface area contributed by atoms with Crippen molar-refractivity contribution >= 4 is 40.6 Å². The Hall–Kier alpha value is -3.49. The number of hydrogen-bond acceptors (Lipinski definition) is 5. The molecule has 0 atom stereocenters. The largest absolute Gasteiger partial charge is 0.342 e. The molecule has 1 aliphatic heterocycles. The Balaban J connectivity index is 1.17. The fourth-order valence-electron chi connectivity index (χ4n) is 4.39. The van der Waals surface area contributed by atoms with Gasteiger partial charge in [0.05, 0.1) is 17.1 Å². The van der Waals surface area contributed by atoms with Crippen molar-refractivity contribution in [2.45, 2.75) is 25.2 Å². The van der Waals surface area contributed by atoms with Gasteiger partial charge in [0.25, 0.3) is 5.91 Å². The number of benzene rings is 2. The third kappa shape index (κ3) is 5.34. The van der Waals surface area contributed by atoms with Crippen molar-refractivity contribution < 1.29 is 9.59 Å². The molecule has 0 spiro atoms. The summed E-state index contributed by atoms with van der Waals surface area (Å²) in [5.74, 6) is 0.681. The molecule has 1 fully saturated rings. The summed E-state index contributed by atoms with van der Waals surface area (Å²) in [6.45, 7) is 1.35. The first kappa shape index (κ1) is 24.2. The van der Waals surface area contributed by atoms with Crippen LogP contribution in [0.1, 0.15) is 39.8 Å². The number of halogens is 1. The van der Waals surface area contributed by atoms with Gasteiger partial charge in [0.2, 0.25) is 5.91 Å². The number of aryl methyl sites for hydroxylation is 1. The fourth-order valence-corrected chi connectivity index (χ4v) is 5.56. The van der Waals surface area contributed by atoms with Crippen LogP contribution in [0.4, 0.5) is 5.82 Å². The number of piperidine rings is 1. The van der Waals surface area contributed by atoms with Crippen LogP contribution >= 0.6 is 22.9 Å². The van der Waals surface area contributed by atoms with Crippen LogP contribution < -0.4 is 5.32 Å². The van der Waals surface area contributed by atoms with E-state index in [1.807, 2.05) is 65.6 Å². The first-order chi connectivity index (χ1) is 17.5. The molecule has 2 aromatic carbocycles. The topological polar surface area (TPSA) is 80.1 Å². The third-order valence-electron chi connectivity index (χ3n) is 6.44. The van der Waals surface area contributed by atoms with Crippen molar-refractivity contribution in [3.63, 3.8) is 0 Å². The molecule has 0 saturated carbocycles. The molecule has 3 heterocycles. The van der Waals surface area contributed by atoms with Crippen LogP contribution in [0, 0.1) is 0 Å². The highest BCUT2D eigenvalue weighted by atomic mass is 35.5. The molecule has 1 aliphatic rings. The molecule has 184 valence electrons. The molecule has 1 saturated heterocycles. The lowest BCUT2D eigenvalue weighted by atomic mass is 9.97. The summed E-state index contributed by atoms with van der Waals surface area (Å²) in [6, 6.07) is 19.2. The molecule has 4 aromatic rings. The van der Waals surface area contributed by atoms with Gasteiger partial charge in [-0.2, -0.15) is 5.10 Å². The van der Waals surface area contributed by atoms with Gasteiger partial charge in [-0.3, -0.25) is 14.3 Å². The van der Waals surface area contributed by atoms with E-state index in [-0.39, 0.29) is 17.7 Å². The molecule has 0 unspecified atom stereocenters. The summed E-state index contributed by atoms with van der Waals surface area (Å²) >= 11 is 7.71. The predicted octanol–water partition coefficient (Wildman–Crippen LogP) is 5.40. The van der Waals surface area contributed by atoms with Gasteiger partial charge < -0.3 is 10.2 Å². The van der Waals surface area contributed by atoms with Crippen molar-refractivity contribution in [2.24, 2.45) is 7.05 Å². The fraction of sp³-hybridized carbons (Fsp3) is 0.259. The van der Waals surface area contributed by atoms with Gasteiger partial charge in [0.15, 0.2) is 0 Å². The molecular formula is C27H26ClN5O2S. The Kier molecular flexibility index (Phi) is 7.16. The van der Waals surface area contributed by atoms with E-state index in [9.17, 15) is 9.59 Å². The Labute approximate surface area is 218 Å². The second kappa shape index (κ2) is 10.6. The van der Waals surface area contributed by atoms with E-state index in [0.29, 0.717) is 36.0 Å². The van der Waals surface area contributed by atoms with Gasteiger partial charge in [-0.1, -0.05) is 60.1 Å². The van der Waals surface area contributed by atoms with Crippen molar-refractivity contribution in [1.29, 1.82) is 0 Å². The van der Waals surface area contributed by atoms with Crippen molar-refractivity contribution in [3.8, 4) is 11.3 Å². The number of nitrogens with one attached hydrogen (secondary N) is 1. The van der Waals surface area contributed by atoms with E-state index in [0.717, 1.165) is 34.7 Å². The standard InChI is InChI=1S/C27H26ClN5O2S/c1-32-24(16-22(31-32)18-7-3-2-4-8-18)30-26(35)23-17-36-27(29-23)19-11-13-33(14-12-19)25(34)15-20-9-5-6-10-21(20)28/h2-10,16-17,19H,11-15H2,1H3,(H,30,35). The van der Waals surface area contributed by atoms with Crippen LogP contribution in [-0.4, -0.2) is 44.6 Å². The number of carbonyl (C=O) groups excluding carboxylic acids is 2. The Morgan fingerprint density at radius 1 is 1.08 bits per heavy atom. The molecule has 0 aliphatic carbocycles. The van der Waals surface area contributed by atoms with Gasteiger partial charge in [0, 0.05) is 48.1 Å². The SMILES string of the molecule is Cn1nc(-c2ccccc2)cc1NC(=O)c1csc(C2CCN(C(=O)Cc3ccccc3Cl)CC2)n1. The van der Waals surface area contributed by atoms with Crippen LogP contribution in [0.25, 0.3) is 11.3 Å². The minimum Gasteiger partial charge on any atom is -0.342 e. The molecule has 9 heteroatoms. The highest BCUT2D eigenvalue weighted by Crippen LogP contribution is 2.31. The second-order valence-electron chi connectivity index (χ2n) is 8.85. The summed E-state index contributed by atoms with van der Waals surface area (Å²) in [4.78, 5) is 32.1. The number of hydrogen-bond donors (Lipinski definition) is 1. The van der Waals surface area contributed by atoms with Crippen LogP contribution in [0.5, 0.6) is 0 Å². The Bertz CT molecular complexity index is 1380. The van der Waals surface area contributed by atoms with Crippen molar-refractivity contribution in [3.05, 3.63) is 87.3 Å². The lowest BCUT2D eigenvalue weighted by Gasteiger charge is -2.31. The van der Waals surface area contributed by atoms with Crippen LogP contribution in [0.3, 0.4) is 0 Å². The monoisotopic (exact) mass is 519 g/mol. The summed E-state index contributed by atoms with van der Waals surface area (Å²) in [5.41, 5.74) is 3.03. The lowest BCUT2D eigenvalue weighted by Crippen LogP contribution is -2.38. The Morgan fingerprint density at radius 3 is 2.56 bits per heavy atom. The van der Waals surface area contributed by atoms with Crippen molar-refractivity contribution in [1.82, 2.24) is 19.7 Å². The van der Waals surface area contributed by atoms with Crippen LogP contribution in [-0.2, 0) is 18.3 Å². The van der Waals surface area contributed by atoms with Crippen LogP contribution in [0.15, 0.2) is 66.0 Å². The molecule has 7 nitrogen and oxygen atoms in total. The molecule has 36 heavy (non-hydrogen) atoms. The molecule has 1 N–H and O–H groups in total. The van der Waals surface area contributed by atoms with E-state index in [1.54, 1.807) is 17.1 Å². The zero-order valence-corrected chi connectivity index (χ0v) is 21.4. The second-order valence-corrected chi connectivity index (χ2v) is 10.1. The van der Waals surface area contributed by atoms with E-state index >= 15 is 0 Å². The van der Waals surface area contributed by atoms with Gasteiger partial charge in [0.1, 0.15) is 11.5 Å². The van der Waals surface area contributed by atoms with E-state index in [2.05, 4.69) is 15.4 Å². The molecule has 0 bridgehead atoms. The maximum Gasteiger partial charge on any atom is 0.276 e. The average molecular weight is 520 g/mol. The van der Waals surface area contributed by atoms with E-state index in [1.165, 1.54) is 11.3 Å². The number of aromatic nitrogens is 3. The minimum atomic E-state index is -0.257. The highest BCUT2D eigenvalue weighted by Gasteiger charge is 2.27. The van der Waals surface area contributed by atoms with Gasteiger partial charge >= 0.3 is 0 Å². The summed E-state index contributed by atoms with van der Waals surface area (Å²) in [5, 5.41) is 10.8. The lowest BCUT2D eigenvalue weighted by molar-refractivity contribution is -0.131. The first-order valence-electron chi connectivity index (χ1n) is 11.9. The van der Waals surface area contributed by atoms with Gasteiger partial charge in [-0.05, 0) is 24.5 Å². The number of nitrogens with zero attached hydrogens (tertiary/aromatic N) is 4. The number of anilines is 1. The zero-order valence-electron chi connectivity index (χ0n) is 19.9. The number of amides is 2. The normalized spacial score (nSPS) is 14.1. The maximum absolute atomic E-state index is 12.9. The Morgan fingerprint density at radius 2 is 1.81 bits per heavy atom. The minimum absolute atomic E-state index is 0.0896. The summed E-state index contributed by atoms with van der Waals surface area (Å²) in [6.07, 6.45) is 1.96. The van der Waals surface area contributed by atoms with Gasteiger partial charge in [-0.15, -0.1) is 11.3 Å². The van der Waals surface area contributed by atoms with Gasteiger partial charge in [-0.25, -0.2) is 4.98 Å². The molecule has 2 aromatic heterocycles. The average Bonchev–Trinajstić information content (AvgIpc) is 3.54. The van der Waals surface area contributed by atoms with Crippen LogP contribution in [0.2, 0.25) is 5.02 Å². The highest BCUT2D eigenvalue weighted by molar-refractivity contribution is 7.10. The first-order valence-corrected chi connectivity index (χ1v) is 13.1. The summed E-state index contributed by atoms with van der Waals surface area (Å²) in [7, 11) is 1.80. The maximum atomic E-state index is 12.9. The molecule has 0 radical (unpaired) electrons. The van der Waals surface area contributed by atoms with E-state index < -0.39 is 0 Å². The summed E-state index contributed by atoms with van der Waals surface area (Å²) < 4.78 is 1.66. The molecular weight excluding hydrogens is 494 g/mol. The molecule has 5 rings (SSSR count). The number of likely N-dealkylation sites (tertiary alicyclic amines) is 1. The number of thiazole rings is 1. The van der Waals surface area contributed by atoms with Crippen molar-refractivity contribution in [2.75, 3.05) is 18.4 Å². The number of carbonyl (C=O) groups is 2. The van der Waals surface area contributed by atoms with E-state index in [4.69, 9.17) is 11.6 Å². The third-order valence-corrected chi connectivity index (χ3v) is 7.82. The smallest absolute Gasteiger partial charge is 0.276 e. The predicted molar refractivity (Wildman–Crippen MR) is 142 cm³/mol. The molecule has 2 amide bonds.